The topological polar surface area (TPSA) is 37.3 Å². The first-order valence-corrected chi connectivity index (χ1v) is 6.87. The maximum atomic E-state index is 11.9. The fourth-order valence-electron chi connectivity index (χ4n) is 4.53. The Balaban J connectivity index is 1.98. The predicted octanol–water partition coefficient (Wildman–Crippen LogP) is 2.42. The van der Waals surface area contributed by atoms with Gasteiger partial charge < -0.3 is 5.11 Å². The van der Waals surface area contributed by atoms with E-state index in [1.54, 1.807) is 0 Å². The van der Waals surface area contributed by atoms with E-state index in [1.807, 2.05) is 6.08 Å². The Kier molecular flexibility index (Phi) is 2.32. The highest BCUT2D eigenvalue weighted by Gasteiger charge is 2.66. The van der Waals surface area contributed by atoms with Crippen molar-refractivity contribution >= 4 is 5.78 Å². The van der Waals surface area contributed by atoms with E-state index < -0.39 is 0 Å². The predicted molar refractivity (Wildman–Crippen MR) is 66.3 cm³/mol. The zero-order valence-corrected chi connectivity index (χ0v) is 10.9. The van der Waals surface area contributed by atoms with Crippen molar-refractivity contribution in [2.24, 2.45) is 35.0 Å². The molecule has 0 aromatic carbocycles. The van der Waals surface area contributed by atoms with Gasteiger partial charge in [-0.05, 0) is 48.0 Å². The smallest absolute Gasteiger partial charge is 0.159 e. The molecule has 0 saturated heterocycles. The Labute approximate surface area is 103 Å². The second kappa shape index (κ2) is 3.44. The van der Waals surface area contributed by atoms with Gasteiger partial charge in [0.05, 0.1) is 0 Å². The van der Waals surface area contributed by atoms with Gasteiger partial charge in [0.1, 0.15) is 0 Å². The van der Waals surface area contributed by atoms with Crippen LogP contribution in [0.2, 0.25) is 0 Å². The van der Waals surface area contributed by atoms with E-state index in [4.69, 9.17) is 0 Å². The molecule has 6 atom stereocenters. The minimum absolute atomic E-state index is 0.0861. The van der Waals surface area contributed by atoms with Crippen LogP contribution in [0.25, 0.3) is 0 Å². The summed E-state index contributed by atoms with van der Waals surface area (Å²) in [6.45, 7) is 6.81. The summed E-state index contributed by atoms with van der Waals surface area (Å²) >= 11 is 0. The monoisotopic (exact) mass is 234 g/mol. The van der Waals surface area contributed by atoms with Crippen molar-refractivity contribution in [2.45, 2.75) is 33.6 Å². The SMILES string of the molecule is CC1CCC2C(C3C1=CC(=O)C3C)C2(C)CO. The number of rotatable bonds is 1. The summed E-state index contributed by atoms with van der Waals surface area (Å²) in [4.78, 5) is 11.9. The molecule has 6 unspecified atom stereocenters. The minimum Gasteiger partial charge on any atom is -0.396 e. The number of allylic oxidation sites excluding steroid dienone is 2. The lowest BCUT2D eigenvalue weighted by molar-refractivity contribution is -0.118. The summed E-state index contributed by atoms with van der Waals surface area (Å²) in [5.74, 6) is 2.62. The van der Waals surface area contributed by atoms with Gasteiger partial charge in [-0.3, -0.25) is 4.79 Å². The molecule has 1 N–H and O–H groups in total. The van der Waals surface area contributed by atoms with Gasteiger partial charge in [0.15, 0.2) is 5.78 Å². The van der Waals surface area contributed by atoms with Crippen LogP contribution in [0.3, 0.4) is 0 Å². The van der Waals surface area contributed by atoms with Crippen LogP contribution >= 0.6 is 0 Å². The number of fused-ring (bicyclic) bond motifs is 3. The highest BCUT2D eigenvalue weighted by Crippen LogP contribution is 2.69. The number of hydrogen-bond acceptors (Lipinski definition) is 2. The third-order valence-corrected chi connectivity index (χ3v) is 5.82. The van der Waals surface area contributed by atoms with Crippen LogP contribution in [-0.4, -0.2) is 17.5 Å². The molecule has 2 saturated carbocycles. The van der Waals surface area contributed by atoms with Crippen LogP contribution in [0, 0.1) is 35.0 Å². The molecule has 2 fully saturated rings. The van der Waals surface area contributed by atoms with Gasteiger partial charge in [0.25, 0.3) is 0 Å². The van der Waals surface area contributed by atoms with Gasteiger partial charge in [0.2, 0.25) is 0 Å². The van der Waals surface area contributed by atoms with Crippen LogP contribution in [0.15, 0.2) is 11.6 Å². The Bertz CT molecular complexity index is 398. The summed E-state index contributed by atoms with van der Waals surface area (Å²) in [5.41, 5.74) is 1.47. The van der Waals surface area contributed by atoms with E-state index in [2.05, 4.69) is 20.8 Å². The summed E-state index contributed by atoms with van der Waals surface area (Å²) in [6, 6.07) is 0. The largest absolute Gasteiger partial charge is 0.396 e. The standard InChI is InChI=1S/C15H22O2/c1-8-4-5-11-14(15(11,3)7-16)13-9(2)12(17)6-10(8)13/h6,8-9,11,13-14,16H,4-5,7H2,1-3H3. The van der Waals surface area contributed by atoms with Gasteiger partial charge in [-0.25, -0.2) is 0 Å². The molecule has 2 nitrogen and oxygen atoms in total. The summed E-state index contributed by atoms with van der Waals surface area (Å²) in [5, 5.41) is 9.62. The van der Waals surface area contributed by atoms with Gasteiger partial charge in [-0.15, -0.1) is 0 Å². The zero-order chi connectivity index (χ0) is 12.4. The molecule has 2 heteroatoms. The molecule has 0 heterocycles. The van der Waals surface area contributed by atoms with E-state index in [1.165, 1.54) is 18.4 Å². The summed E-state index contributed by atoms with van der Waals surface area (Å²) in [6.07, 6.45) is 4.31. The average molecular weight is 234 g/mol. The van der Waals surface area contributed by atoms with Crippen LogP contribution < -0.4 is 0 Å². The highest BCUT2D eigenvalue weighted by molar-refractivity contribution is 5.95. The average Bonchev–Trinajstić information content (AvgIpc) is 2.83. The fraction of sp³-hybridized carbons (Fsp3) is 0.800. The molecule has 0 radical (unpaired) electrons. The lowest BCUT2D eigenvalue weighted by Crippen LogP contribution is -2.22. The molecule has 0 aromatic heterocycles. The van der Waals surface area contributed by atoms with Crippen molar-refractivity contribution in [1.82, 2.24) is 0 Å². The number of aliphatic hydroxyl groups is 1. The number of ketones is 1. The summed E-state index contributed by atoms with van der Waals surface area (Å²) < 4.78 is 0. The molecule has 3 rings (SSSR count). The van der Waals surface area contributed by atoms with E-state index in [-0.39, 0.29) is 17.9 Å². The zero-order valence-electron chi connectivity index (χ0n) is 10.9. The highest BCUT2D eigenvalue weighted by atomic mass is 16.3. The Morgan fingerprint density at radius 2 is 2.12 bits per heavy atom. The van der Waals surface area contributed by atoms with Crippen LogP contribution in [0.1, 0.15) is 33.6 Å². The second-order valence-corrected chi connectivity index (χ2v) is 6.64. The van der Waals surface area contributed by atoms with Gasteiger partial charge in [-0.2, -0.15) is 0 Å². The van der Waals surface area contributed by atoms with Crippen LogP contribution in [-0.2, 0) is 4.79 Å². The van der Waals surface area contributed by atoms with E-state index in [9.17, 15) is 9.90 Å². The molecule has 0 aromatic rings. The van der Waals surface area contributed by atoms with Crippen molar-refractivity contribution in [3.63, 3.8) is 0 Å². The quantitative estimate of drug-likeness (QED) is 0.756. The first-order valence-electron chi connectivity index (χ1n) is 6.87. The first-order chi connectivity index (χ1) is 8.00. The number of carbonyl (C=O) groups excluding carboxylic acids is 1. The van der Waals surface area contributed by atoms with E-state index >= 15 is 0 Å². The Morgan fingerprint density at radius 3 is 2.76 bits per heavy atom. The van der Waals surface area contributed by atoms with Gasteiger partial charge >= 0.3 is 0 Å². The Hall–Kier alpha value is -0.630. The maximum Gasteiger partial charge on any atom is 0.159 e. The molecule has 0 amide bonds. The first kappa shape index (κ1) is 11.5. The third kappa shape index (κ3) is 1.33. The van der Waals surface area contributed by atoms with Crippen molar-refractivity contribution in [2.75, 3.05) is 6.61 Å². The summed E-state index contributed by atoms with van der Waals surface area (Å²) in [7, 11) is 0. The third-order valence-electron chi connectivity index (χ3n) is 5.82. The molecule has 0 aliphatic heterocycles. The van der Waals surface area contributed by atoms with Crippen molar-refractivity contribution in [3.05, 3.63) is 11.6 Å². The number of carbonyl (C=O) groups is 1. The van der Waals surface area contributed by atoms with Crippen molar-refractivity contribution in [1.29, 1.82) is 0 Å². The van der Waals surface area contributed by atoms with Crippen molar-refractivity contribution in [3.8, 4) is 0 Å². The van der Waals surface area contributed by atoms with Crippen LogP contribution in [0.5, 0.6) is 0 Å². The van der Waals surface area contributed by atoms with Crippen LogP contribution in [0.4, 0.5) is 0 Å². The minimum atomic E-state index is 0.0861. The molecule has 3 aliphatic rings. The van der Waals surface area contributed by atoms with Crippen molar-refractivity contribution < 1.29 is 9.90 Å². The second-order valence-electron chi connectivity index (χ2n) is 6.64. The fourth-order valence-corrected chi connectivity index (χ4v) is 4.53. The molecular weight excluding hydrogens is 212 g/mol. The molecule has 17 heavy (non-hydrogen) atoms. The molecule has 3 aliphatic carbocycles. The Morgan fingerprint density at radius 1 is 1.41 bits per heavy atom. The number of aliphatic hydroxyl groups excluding tert-OH is 1. The normalized spacial score (nSPS) is 52.6. The number of hydrogen-bond donors (Lipinski definition) is 1. The van der Waals surface area contributed by atoms with E-state index in [0.717, 1.165) is 0 Å². The van der Waals surface area contributed by atoms with Gasteiger partial charge in [0, 0.05) is 12.5 Å². The molecule has 94 valence electrons. The lowest BCUT2D eigenvalue weighted by atomic mass is 9.80. The molecule has 0 spiro atoms. The maximum absolute atomic E-state index is 11.9. The molecule has 0 bridgehead atoms. The van der Waals surface area contributed by atoms with Gasteiger partial charge in [-0.1, -0.05) is 26.3 Å². The lowest BCUT2D eigenvalue weighted by Gasteiger charge is -2.24. The van der Waals surface area contributed by atoms with E-state index in [0.29, 0.717) is 29.5 Å². The molecular formula is C15H22O2.